The second-order valence-corrected chi connectivity index (χ2v) is 6.85. The molecule has 0 spiro atoms. The van der Waals surface area contributed by atoms with Gasteiger partial charge in [0.05, 0.1) is 15.6 Å². The largest absolute Gasteiger partial charge is 0.364 e. The third-order valence-corrected chi connectivity index (χ3v) is 4.08. The normalized spacial score (nSPS) is 11.3. The van der Waals surface area contributed by atoms with Crippen molar-refractivity contribution < 1.29 is 17.7 Å². The van der Waals surface area contributed by atoms with Crippen LogP contribution in [0.5, 0.6) is 0 Å². The number of amides is 1. The Morgan fingerprint density at radius 1 is 1.40 bits per heavy atom. The Labute approximate surface area is 124 Å². The Hall–Kier alpha value is -1.57. The van der Waals surface area contributed by atoms with Gasteiger partial charge in [-0.25, -0.2) is 8.42 Å². The van der Waals surface area contributed by atoms with E-state index in [0.717, 1.165) is 6.07 Å². The molecule has 0 unspecified atom stereocenters. The first kappa shape index (κ1) is 14.8. The molecule has 0 aliphatic rings. The average molecular weight is 335 g/mol. The fourth-order valence-corrected chi connectivity index (χ4v) is 2.74. The summed E-state index contributed by atoms with van der Waals surface area (Å²) in [6, 6.07) is 3.86. The standard InChI is InChI=1S/C11H8Cl2N2O4S/c1-6-4-7(20(13,17)18)5-8(12)10(6)14-11(16)9-2-3-19-15-9/h2-5H,1H3,(H,14,16). The SMILES string of the molecule is Cc1cc(S(=O)(=O)Cl)cc(Cl)c1NC(=O)c1ccon1. The van der Waals surface area contributed by atoms with Crippen LogP contribution >= 0.6 is 22.3 Å². The second-order valence-electron chi connectivity index (χ2n) is 3.87. The van der Waals surface area contributed by atoms with Crippen LogP contribution in [-0.4, -0.2) is 19.5 Å². The number of rotatable bonds is 3. The minimum atomic E-state index is -3.89. The minimum absolute atomic E-state index is 0.0565. The molecule has 0 saturated heterocycles. The van der Waals surface area contributed by atoms with Gasteiger partial charge in [-0.1, -0.05) is 16.8 Å². The average Bonchev–Trinajstić information content (AvgIpc) is 2.85. The lowest BCUT2D eigenvalue weighted by atomic mass is 10.2. The van der Waals surface area contributed by atoms with E-state index in [1.165, 1.54) is 18.4 Å². The number of hydrogen-bond donors (Lipinski definition) is 1. The molecule has 20 heavy (non-hydrogen) atoms. The number of anilines is 1. The zero-order chi connectivity index (χ0) is 14.9. The van der Waals surface area contributed by atoms with E-state index in [1.54, 1.807) is 6.92 Å². The van der Waals surface area contributed by atoms with Crippen molar-refractivity contribution in [2.45, 2.75) is 11.8 Å². The number of nitrogens with zero attached hydrogens (tertiary/aromatic N) is 1. The molecule has 1 aromatic carbocycles. The summed E-state index contributed by atoms with van der Waals surface area (Å²) in [5, 5.41) is 6.07. The first-order valence-electron chi connectivity index (χ1n) is 5.25. The Kier molecular flexibility index (Phi) is 4.03. The molecule has 9 heteroatoms. The van der Waals surface area contributed by atoms with Crippen molar-refractivity contribution in [3.63, 3.8) is 0 Å². The Bertz CT molecular complexity index is 734. The molecule has 0 aliphatic carbocycles. The lowest BCUT2D eigenvalue weighted by Gasteiger charge is -2.10. The maximum Gasteiger partial charge on any atom is 0.277 e. The maximum atomic E-state index is 11.8. The van der Waals surface area contributed by atoms with Gasteiger partial charge in [-0.3, -0.25) is 4.79 Å². The molecular weight excluding hydrogens is 327 g/mol. The highest BCUT2D eigenvalue weighted by Crippen LogP contribution is 2.31. The minimum Gasteiger partial charge on any atom is -0.364 e. The number of hydrogen-bond acceptors (Lipinski definition) is 5. The van der Waals surface area contributed by atoms with Gasteiger partial charge in [0.1, 0.15) is 6.26 Å². The van der Waals surface area contributed by atoms with Crippen molar-refractivity contribution in [1.29, 1.82) is 0 Å². The van der Waals surface area contributed by atoms with Crippen LogP contribution in [0.2, 0.25) is 5.02 Å². The van der Waals surface area contributed by atoms with Crippen LogP contribution in [0.1, 0.15) is 16.1 Å². The molecule has 2 aromatic rings. The third kappa shape index (κ3) is 3.12. The molecule has 1 N–H and O–H groups in total. The summed E-state index contributed by atoms with van der Waals surface area (Å²) < 4.78 is 27.1. The van der Waals surface area contributed by atoms with Crippen LogP contribution in [0.4, 0.5) is 5.69 Å². The summed E-state index contributed by atoms with van der Waals surface area (Å²) in [7, 11) is 1.36. The lowest BCUT2D eigenvalue weighted by Crippen LogP contribution is -2.13. The van der Waals surface area contributed by atoms with Crippen LogP contribution in [0.15, 0.2) is 33.9 Å². The van der Waals surface area contributed by atoms with Crippen LogP contribution < -0.4 is 5.32 Å². The van der Waals surface area contributed by atoms with E-state index in [1.807, 2.05) is 0 Å². The van der Waals surface area contributed by atoms with E-state index in [9.17, 15) is 13.2 Å². The summed E-state index contributed by atoms with van der Waals surface area (Å²) in [4.78, 5) is 11.7. The molecule has 106 valence electrons. The van der Waals surface area contributed by atoms with Crippen LogP contribution in [0.3, 0.4) is 0 Å². The van der Waals surface area contributed by atoms with Gasteiger partial charge in [0.2, 0.25) is 0 Å². The number of aromatic nitrogens is 1. The van der Waals surface area contributed by atoms with Gasteiger partial charge in [-0.15, -0.1) is 0 Å². The highest BCUT2D eigenvalue weighted by molar-refractivity contribution is 8.13. The van der Waals surface area contributed by atoms with Crippen molar-refractivity contribution >= 4 is 42.9 Å². The van der Waals surface area contributed by atoms with Crippen molar-refractivity contribution in [1.82, 2.24) is 5.16 Å². The third-order valence-electron chi connectivity index (χ3n) is 2.45. The molecule has 0 saturated carbocycles. The first-order chi connectivity index (χ1) is 9.29. The zero-order valence-electron chi connectivity index (χ0n) is 10.1. The second kappa shape index (κ2) is 5.43. The number of benzene rings is 1. The van der Waals surface area contributed by atoms with E-state index in [0.29, 0.717) is 5.56 Å². The molecule has 1 amide bonds. The van der Waals surface area contributed by atoms with E-state index < -0.39 is 15.0 Å². The van der Waals surface area contributed by atoms with Crippen molar-refractivity contribution in [2.24, 2.45) is 0 Å². The van der Waals surface area contributed by atoms with Gasteiger partial charge in [0.15, 0.2) is 5.69 Å². The summed E-state index contributed by atoms with van der Waals surface area (Å²) in [5.74, 6) is -0.523. The number of carbonyl (C=O) groups is 1. The molecule has 0 atom stereocenters. The predicted octanol–water partition coefficient (Wildman–Crippen LogP) is 2.82. The number of carbonyl (C=O) groups excluding carboxylic acids is 1. The summed E-state index contributed by atoms with van der Waals surface area (Å²) in [5.41, 5.74) is 0.812. The maximum absolute atomic E-state index is 11.8. The van der Waals surface area contributed by atoms with E-state index in [-0.39, 0.29) is 21.3 Å². The molecule has 1 aromatic heterocycles. The van der Waals surface area contributed by atoms with Crippen LogP contribution in [-0.2, 0) is 9.05 Å². The fourth-order valence-electron chi connectivity index (χ4n) is 1.52. The highest BCUT2D eigenvalue weighted by atomic mass is 35.7. The van der Waals surface area contributed by atoms with Crippen LogP contribution in [0, 0.1) is 6.92 Å². The molecule has 2 rings (SSSR count). The number of nitrogens with one attached hydrogen (secondary N) is 1. The van der Waals surface area contributed by atoms with E-state index in [2.05, 4.69) is 15.0 Å². The van der Waals surface area contributed by atoms with Crippen molar-refractivity contribution in [3.05, 3.63) is 40.7 Å². The molecule has 1 heterocycles. The predicted molar refractivity (Wildman–Crippen MR) is 73.7 cm³/mol. The van der Waals surface area contributed by atoms with Gasteiger partial charge in [0, 0.05) is 16.7 Å². The molecule has 0 aliphatic heterocycles. The summed E-state index contributed by atoms with van der Waals surface area (Å²) >= 11 is 5.96. The van der Waals surface area contributed by atoms with Crippen molar-refractivity contribution in [2.75, 3.05) is 5.32 Å². The molecule has 6 nitrogen and oxygen atoms in total. The Morgan fingerprint density at radius 3 is 2.60 bits per heavy atom. The van der Waals surface area contributed by atoms with Crippen LogP contribution in [0.25, 0.3) is 0 Å². The first-order valence-corrected chi connectivity index (χ1v) is 7.94. The molecule has 0 bridgehead atoms. The number of halogens is 2. The van der Waals surface area contributed by atoms with Gasteiger partial charge in [-0.2, -0.15) is 0 Å². The van der Waals surface area contributed by atoms with Gasteiger partial charge in [-0.05, 0) is 24.6 Å². The summed E-state index contributed by atoms with van der Waals surface area (Å²) in [6.45, 7) is 1.59. The van der Waals surface area contributed by atoms with Gasteiger partial charge >= 0.3 is 0 Å². The van der Waals surface area contributed by atoms with Crippen molar-refractivity contribution in [3.8, 4) is 0 Å². The zero-order valence-corrected chi connectivity index (χ0v) is 12.4. The molecular formula is C11H8Cl2N2O4S. The fraction of sp³-hybridized carbons (Fsp3) is 0.0909. The lowest BCUT2D eigenvalue weighted by molar-refractivity contribution is 0.101. The van der Waals surface area contributed by atoms with Gasteiger partial charge < -0.3 is 9.84 Å². The number of aryl methyl sites for hydroxylation is 1. The molecule has 0 fully saturated rings. The summed E-state index contributed by atoms with van der Waals surface area (Å²) in [6.07, 6.45) is 1.26. The monoisotopic (exact) mass is 334 g/mol. The topological polar surface area (TPSA) is 89.3 Å². The van der Waals surface area contributed by atoms with Gasteiger partial charge in [0.25, 0.3) is 15.0 Å². The van der Waals surface area contributed by atoms with E-state index in [4.69, 9.17) is 22.3 Å². The Morgan fingerprint density at radius 2 is 2.10 bits per heavy atom. The highest BCUT2D eigenvalue weighted by Gasteiger charge is 2.17. The molecule has 0 radical (unpaired) electrons. The quantitative estimate of drug-likeness (QED) is 0.871. The van der Waals surface area contributed by atoms with E-state index >= 15 is 0 Å². The smallest absolute Gasteiger partial charge is 0.277 e. The Balaban J connectivity index is 2.37.